The van der Waals surface area contributed by atoms with E-state index in [1.54, 1.807) is 0 Å². The molecule has 0 aromatic carbocycles. The van der Waals surface area contributed by atoms with Gasteiger partial charge in [-0.3, -0.25) is 4.79 Å². The third-order valence-electron chi connectivity index (χ3n) is 4.45. The number of hydrogen-bond donors (Lipinski definition) is 0. The number of amides is 1. The van der Waals surface area contributed by atoms with Crippen LogP contribution in [0.3, 0.4) is 0 Å². The molecule has 6 nitrogen and oxygen atoms in total. The van der Waals surface area contributed by atoms with Crippen LogP contribution < -0.4 is 0 Å². The van der Waals surface area contributed by atoms with Crippen molar-refractivity contribution < 1.29 is 19.1 Å². The number of piperidine rings is 1. The van der Waals surface area contributed by atoms with Gasteiger partial charge in [-0.2, -0.15) is 0 Å². The maximum Gasteiger partial charge on any atom is 0.266 e. The minimum atomic E-state index is -0.537. The Morgan fingerprint density at radius 3 is 2.70 bits per heavy atom. The van der Waals surface area contributed by atoms with Gasteiger partial charge in [0.2, 0.25) is 6.10 Å². The van der Waals surface area contributed by atoms with E-state index in [1.807, 2.05) is 17.0 Å². The Morgan fingerprint density at radius 1 is 1.30 bits per heavy atom. The summed E-state index contributed by atoms with van der Waals surface area (Å²) in [6, 6.07) is 3.73. The van der Waals surface area contributed by atoms with E-state index in [2.05, 4.69) is 5.16 Å². The lowest BCUT2D eigenvalue weighted by Gasteiger charge is -2.38. The van der Waals surface area contributed by atoms with Crippen LogP contribution in [0.5, 0.6) is 0 Å². The molecule has 1 aromatic heterocycles. The van der Waals surface area contributed by atoms with Crippen LogP contribution in [0.4, 0.5) is 0 Å². The van der Waals surface area contributed by atoms with E-state index in [0.717, 1.165) is 10.6 Å². The SMILES string of the molecule is O=C([C@H]1CC(c2ccc(Cl)s2)=NO1)N1CCC2(CC1)OCCO2. The van der Waals surface area contributed by atoms with Gasteiger partial charge in [-0.15, -0.1) is 11.3 Å². The molecule has 4 heterocycles. The van der Waals surface area contributed by atoms with Crippen molar-refractivity contribution in [1.82, 2.24) is 4.90 Å². The van der Waals surface area contributed by atoms with Crippen LogP contribution >= 0.6 is 22.9 Å². The summed E-state index contributed by atoms with van der Waals surface area (Å²) < 4.78 is 12.1. The van der Waals surface area contributed by atoms with Crippen LogP contribution in [0, 0.1) is 0 Å². The van der Waals surface area contributed by atoms with Gasteiger partial charge in [0.25, 0.3) is 5.91 Å². The molecule has 1 aromatic rings. The molecule has 23 heavy (non-hydrogen) atoms. The summed E-state index contributed by atoms with van der Waals surface area (Å²) in [5.41, 5.74) is 0.788. The van der Waals surface area contributed by atoms with E-state index in [-0.39, 0.29) is 5.91 Å². The molecule has 4 rings (SSSR count). The van der Waals surface area contributed by atoms with Gasteiger partial charge >= 0.3 is 0 Å². The Balaban J connectivity index is 1.34. The maximum atomic E-state index is 12.6. The normalized spacial score (nSPS) is 26.4. The molecule has 1 amide bonds. The topological polar surface area (TPSA) is 60.4 Å². The van der Waals surface area contributed by atoms with Gasteiger partial charge in [-0.25, -0.2) is 0 Å². The van der Waals surface area contributed by atoms with Crippen LogP contribution in [-0.2, 0) is 19.1 Å². The van der Waals surface area contributed by atoms with Gasteiger partial charge in [0.05, 0.1) is 22.4 Å². The average Bonchev–Trinajstić information content (AvgIpc) is 3.28. The Bertz CT molecular complexity index is 631. The number of rotatable bonds is 2. The highest BCUT2D eigenvalue weighted by molar-refractivity contribution is 7.18. The molecule has 2 fully saturated rings. The minimum Gasteiger partial charge on any atom is -0.382 e. The van der Waals surface area contributed by atoms with Crippen LogP contribution in [0.2, 0.25) is 4.34 Å². The Labute approximate surface area is 142 Å². The smallest absolute Gasteiger partial charge is 0.266 e. The molecule has 3 aliphatic rings. The zero-order valence-corrected chi connectivity index (χ0v) is 14.1. The van der Waals surface area contributed by atoms with Crippen molar-refractivity contribution in [3.63, 3.8) is 0 Å². The van der Waals surface area contributed by atoms with Gasteiger partial charge in [0, 0.05) is 32.4 Å². The average molecular weight is 357 g/mol. The zero-order valence-electron chi connectivity index (χ0n) is 12.5. The van der Waals surface area contributed by atoms with Crippen LogP contribution in [0.15, 0.2) is 17.3 Å². The first kappa shape index (κ1) is 15.4. The predicted molar refractivity (Wildman–Crippen MR) is 85.8 cm³/mol. The van der Waals surface area contributed by atoms with Crippen LogP contribution in [0.25, 0.3) is 0 Å². The first-order valence-corrected chi connectivity index (χ1v) is 8.90. The van der Waals surface area contributed by atoms with Gasteiger partial charge in [0.15, 0.2) is 5.79 Å². The molecule has 0 aliphatic carbocycles. The second kappa shape index (κ2) is 6.05. The molecule has 1 atom stereocenters. The van der Waals surface area contributed by atoms with Crippen molar-refractivity contribution in [2.75, 3.05) is 26.3 Å². The summed E-state index contributed by atoms with van der Waals surface area (Å²) >= 11 is 7.39. The molecule has 0 unspecified atom stereocenters. The zero-order chi connectivity index (χ0) is 15.9. The Morgan fingerprint density at radius 2 is 2.04 bits per heavy atom. The molecule has 3 aliphatic heterocycles. The van der Waals surface area contributed by atoms with Crippen molar-refractivity contribution >= 4 is 34.6 Å². The fourth-order valence-corrected chi connectivity index (χ4v) is 4.21. The number of likely N-dealkylation sites (tertiary alicyclic amines) is 1. The van der Waals surface area contributed by atoms with Crippen LogP contribution in [0.1, 0.15) is 24.1 Å². The highest BCUT2D eigenvalue weighted by Gasteiger charge is 2.42. The molecular weight excluding hydrogens is 340 g/mol. The molecule has 8 heteroatoms. The van der Waals surface area contributed by atoms with Gasteiger partial charge < -0.3 is 19.2 Å². The standard InChI is InChI=1S/C15H17ClN2O4S/c16-13-2-1-12(23-13)10-9-11(22-17-10)14(19)18-5-3-15(4-6-18)20-7-8-21-15/h1-2,11H,3-9H2/t11-/m1/s1. The fourth-order valence-electron chi connectivity index (χ4n) is 3.18. The summed E-state index contributed by atoms with van der Waals surface area (Å²) in [5.74, 6) is -0.484. The summed E-state index contributed by atoms with van der Waals surface area (Å²) in [6.07, 6.45) is 1.37. The first-order valence-electron chi connectivity index (χ1n) is 7.70. The highest BCUT2D eigenvalue weighted by atomic mass is 35.5. The number of carbonyl (C=O) groups is 1. The number of nitrogens with zero attached hydrogens (tertiary/aromatic N) is 2. The maximum absolute atomic E-state index is 12.6. The molecule has 0 radical (unpaired) electrons. The quantitative estimate of drug-likeness (QED) is 0.815. The lowest BCUT2D eigenvalue weighted by molar-refractivity contribution is -0.189. The van der Waals surface area contributed by atoms with Gasteiger partial charge in [0.1, 0.15) is 5.71 Å². The summed E-state index contributed by atoms with van der Waals surface area (Å²) in [5, 5.41) is 4.06. The second-order valence-electron chi connectivity index (χ2n) is 5.87. The Kier molecular flexibility index (Phi) is 4.05. The van der Waals surface area contributed by atoms with E-state index >= 15 is 0 Å². The lowest BCUT2D eigenvalue weighted by Crippen LogP contribution is -2.50. The van der Waals surface area contributed by atoms with E-state index in [9.17, 15) is 4.79 Å². The van der Waals surface area contributed by atoms with Crippen molar-refractivity contribution in [2.45, 2.75) is 31.2 Å². The van der Waals surface area contributed by atoms with E-state index in [0.29, 0.717) is 49.9 Å². The number of thiophene rings is 1. The second-order valence-corrected chi connectivity index (χ2v) is 7.59. The minimum absolute atomic E-state index is 0.0146. The largest absolute Gasteiger partial charge is 0.382 e. The number of ether oxygens (including phenoxy) is 2. The number of hydrogen-bond acceptors (Lipinski definition) is 6. The van der Waals surface area contributed by atoms with Gasteiger partial charge in [-0.05, 0) is 12.1 Å². The van der Waals surface area contributed by atoms with Crippen LogP contribution in [-0.4, -0.2) is 54.7 Å². The van der Waals surface area contributed by atoms with E-state index in [4.69, 9.17) is 25.9 Å². The highest BCUT2D eigenvalue weighted by Crippen LogP contribution is 2.32. The predicted octanol–water partition coefficient (Wildman–Crippen LogP) is 2.26. The lowest BCUT2D eigenvalue weighted by atomic mass is 10.0. The number of carbonyl (C=O) groups excluding carboxylic acids is 1. The van der Waals surface area contributed by atoms with Gasteiger partial charge in [-0.1, -0.05) is 16.8 Å². The summed E-state index contributed by atoms with van der Waals surface area (Å²) in [6.45, 7) is 2.53. The fraction of sp³-hybridized carbons (Fsp3) is 0.600. The molecule has 1 spiro atoms. The molecule has 2 saturated heterocycles. The van der Waals surface area contributed by atoms with Crippen molar-refractivity contribution in [3.05, 3.63) is 21.3 Å². The molecule has 124 valence electrons. The summed E-state index contributed by atoms with van der Waals surface area (Å²) in [4.78, 5) is 20.7. The van der Waals surface area contributed by atoms with Crippen molar-refractivity contribution in [3.8, 4) is 0 Å². The van der Waals surface area contributed by atoms with Crippen molar-refractivity contribution in [2.24, 2.45) is 5.16 Å². The monoisotopic (exact) mass is 356 g/mol. The third-order valence-corrected chi connectivity index (χ3v) is 5.73. The molecule has 0 N–H and O–H groups in total. The Hall–Kier alpha value is -1.15. The molecule has 0 saturated carbocycles. The number of oxime groups is 1. The summed E-state index contributed by atoms with van der Waals surface area (Å²) in [7, 11) is 0. The molecule has 0 bridgehead atoms. The van der Waals surface area contributed by atoms with E-state index < -0.39 is 11.9 Å². The third kappa shape index (κ3) is 2.98. The van der Waals surface area contributed by atoms with Crippen molar-refractivity contribution in [1.29, 1.82) is 0 Å². The number of halogens is 1. The molecular formula is C15H17ClN2O4S. The first-order chi connectivity index (χ1) is 11.2. The van der Waals surface area contributed by atoms with E-state index in [1.165, 1.54) is 11.3 Å².